The molecule has 4 aromatic rings. The smallest absolute Gasteiger partial charge is 0.274 e. The van der Waals surface area contributed by atoms with E-state index < -0.39 is 0 Å². The van der Waals surface area contributed by atoms with E-state index in [1.54, 1.807) is 19.2 Å². The van der Waals surface area contributed by atoms with Crippen LogP contribution in [0, 0.1) is 6.92 Å². The summed E-state index contributed by atoms with van der Waals surface area (Å²) >= 11 is 0. The van der Waals surface area contributed by atoms with E-state index in [4.69, 9.17) is 0 Å². The van der Waals surface area contributed by atoms with Crippen LogP contribution in [0.1, 0.15) is 41.6 Å². The second-order valence-corrected chi connectivity index (χ2v) is 7.39. The van der Waals surface area contributed by atoms with Crippen LogP contribution in [-0.4, -0.2) is 20.9 Å². The average Bonchev–Trinajstić information content (AvgIpc) is 2.74. The molecule has 2 aromatic carbocycles. The van der Waals surface area contributed by atoms with Crippen molar-refractivity contribution < 1.29 is 4.79 Å². The fraction of sp³-hybridized carbons (Fsp3) is 0.167. The summed E-state index contributed by atoms with van der Waals surface area (Å²) < 4.78 is 0. The van der Waals surface area contributed by atoms with Gasteiger partial charge in [0.15, 0.2) is 0 Å². The van der Waals surface area contributed by atoms with Gasteiger partial charge in [0, 0.05) is 23.3 Å². The van der Waals surface area contributed by atoms with Gasteiger partial charge >= 0.3 is 0 Å². The summed E-state index contributed by atoms with van der Waals surface area (Å²) in [5.41, 5.74) is 3.83. The van der Waals surface area contributed by atoms with Gasteiger partial charge in [0.05, 0.1) is 11.2 Å². The molecule has 0 aliphatic carbocycles. The number of hydrogen-bond acceptors (Lipinski definition) is 5. The minimum absolute atomic E-state index is 0.292. The van der Waals surface area contributed by atoms with Gasteiger partial charge in [-0.2, -0.15) is 0 Å². The summed E-state index contributed by atoms with van der Waals surface area (Å²) in [5, 5.41) is 7.23. The Labute approximate surface area is 175 Å². The highest BCUT2D eigenvalue weighted by Gasteiger charge is 2.14. The van der Waals surface area contributed by atoms with Crippen LogP contribution in [0.5, 0.6) is 0 Å². The second-order valence-electron chi connectivity index (χ2n) is 7.39. The molecule has 0 saturated heterocycles. The molecule has 1 amide bonds. The highest BCUT2D eigenvalue weighted by atomic mass is 16.1. The van der Waals surface area contributed by atoms with Crippen LogP contribution in [0.15, 0.2) is 66.9 Å². The third-order valence-electron chi connectivity index (χ3n) is 4.80. The number of nitrogens with zero attached hydrogens (tertiary/aromatic N) is 3. The fourth-order valence-electron chi connectivity index (χ4n) is 3.39. The van der Waals surface area contributed by atoms with Crippen molar-refractivity contribution in [3.05, 3.63) is 83.9 Å². The van der Waals surface area contributed by atoms with E-state index in [0.717, 1.165) is 16.6 Å². The van der Waals surface area contributed by atoms with Gasteiger partial charge < -0.3 is 10.6 Å². The normalized spacial score (nSPS) is 10.9. The average molecular weight is 397 g/mol. The molecule has 2 aromatic heterocycles. The first-order valence-corrected chi connectivity index (χ1v) is 9.88. The SMILES string of the molecule is Cc1nc(Nc2ccccc2C(C)C)cc(C(=O)Nc2cccc3cccnc23)n1. The first kappa shape index (κ1) is 19.5. The number of aryl methyl sites for hydroxylation is 1. The Morgan fingerprint density at radius 3 is 2.53 bits per heavy atom. The number of carbonyl (C=O) groups is 1. The summed E-state index contributed by atoms with van der Waals surface area (Å²) in [5.74, 6) is 1.15. The van der Waals surface area contributed by atoms with E-state index >= 15 is 0 Å². The largest absolute Gasteiger partial charge is 0.340 e. The first-order chi connectivity index (χ1) is 14.5. The van der Waals surface area contributed by atoms with Crippen molar-refractivity contribution in [3.63, 3.8) is 0 Å². The minimum atomic E-state index is -0.307. The quantitative estimate of drug-likeness (QED) is 0.468. The maximum Gasteiger partial charge on any atom is 0.274 e. The van der Waals surface area contributed by atoms with Crippen molar-refractivity contribution in [2.24, 2.45) is 0 Å². The van der Waals surface area contributed by atoms with E-state index in [1.165, 1.54) is 5.56 Å². The minimum Gasteiger partial charge on any atom is -0.340 e. The molecule has 0 atom stereocenters. The third kappa shape index (κ3) is 4.12. The number of benzene rings is 2. The van der Waals surface area contributed by atoms with Crippen LogP contribution < -0.4 is 10.6 Å². The molecule has 6 heteroatoms. The number of aromatic nitrogens is 3. The van der Waals surface area contributed by atoms with E-state index in [2.05, 4.69) is 45.5 Å². The Hall–Kier alpha value is -3.80. The Kier molecular flexibility index (Phi) is 5.39. The number of amides is 1. The van der Waals surface area contributed by atoms with E-state index in [0.29, 0.717) is 28.9 Å². The van der Waals surface area contributed by atoms with Crippen molar-refractivity contribution in [1.29, 1.82) is 0 Å². The number of carbonyl (C=O) groups excluding carboxylic acids is 1. The van der Waals surface area contributed by atoms with Crippen LogP contribution in [0.2, 0.25) is 0 Å². The van der Waals surface area contributed by atoms with Crippen molar-refractivity contribution in [1.82, 2.24) is 15.0 Å². The molecule has 0 spiro atoms. The third-order valence-corrected chi connectivity index (χ3v) is 4.80. The molecule has 2 N–H and O–H groups in total. The summed E-state index contributed by atoms with van der Waals surface area (Å²) in [6.07, 6.45) is 1.71. The molecule has 0 aliphatic rings. The lowest BCUT2D eigenvalue weighted by molar-refractivity contribution is 0.102. The molecule has 0 radical (unpaired) electrons. The molecule has 0 bridgehead atoms. The molecule has 30 heavy (non-hydrogen) atoms. The van der Waals surface area contributed by atoms with Crippen molar-refractivity contribution in [3.8, 4) is 0 Å². The van der Waals surface area contributed by atoms with Crippen molar-refractivity contribution in [2.45, 2.75) is 26.7 Å². The number of hydrogen-bond donors (Lipinski definition) is 2. The number of pyridine rings is 1. The second kappa shape index (κ2) is 8.29. The standard InChI is InChI=1S/C24H23N5O/c1-15(2)18-10-4-5-11-19(18)28-22-14-21(26-16(3)27-22)24(30)29-20-12-6-8-17-9-7-13-25-23(17)20/h4-15H,1-3H3,(H,29,30)(H,26,27,28). The number of para-hydroxylation sites is 2. The van der Waals surface area contributed by atoms with Gasteiger partial charge in [0.2, 0.25) is 0 Å². The van der Waals surface area contributed by atoms with Gasteiger partial charge in [-0.25, -0.2) is 9.97 Å². The number of rotatable bonds is 5. The first-order valence-electron chi connectivity index (χ1n) is 9.88. The number of nitrogens with one attached hydrogen (secondary N) is 2. The molecule has 6 nitrogen and oxygen atoms in total. The Morgan fingerprint density at radius 2 is 1.70 bits per heavy atom. The molecular weight excluding hydrogens is 374 g/mol. The fourth-order valence-corrected chi connectivity index (χ4v) is 3.39. The molecular formula is C24H23N5O. The summed E-state index contributed by atoms with van der Waals surface area (Å²) in [7, 11) is 0. The van der Waals surface area contributed by atoms with Gasteiger partial charge in [-0.05, 0) is 36.6 Å². The lowest BCUT2D eigenvalue weighted by atomic mass is 10.0. The van der Waals surface area contributed by atoms with E-state index in [9.17, 15) is 4.79 Å². The zero-order valence-corrected chi connectivity index (χ0v) is 17.2. The Balaban J connectivity index is 1.62. The van der Waals surface area contributed by atoms with E-state index in [1.807, 2.05) is 48.5 Å². The summed E-state index contributed by atoms with van der Waals surface area (Å²) in [4.78, 5) is 26.1. The summed E-state index contributed by atoms with van der Waals surface area (Å²) in [6, 6.07) is 19.3. The van der Waals surface area contributed by atoms with Crippen LogP contribution >= 0.6 is 0 Å². The van der Waals surface area contributed by atoms with Gasteiger partial charge in [-0.3, -0.25) is 9.78 Å². The molecule has 150 valence electrons. The van der Waals surface area contributed by atoms with Gasteiger partial charge in [-0.15, -0.1) is 0 Å². The molecule has 0 fully saturated rings. The summed E-state index contributed by atoms with van der Waals surface area (Å²) in [6.45, 7) is 6.06. The van der Waals surface area contributed by atoms with Gasteiger partial charge in [-0.1, -0.05) is 50.2 Å². The molecule has 0 saturated carbocycles. The van der Waals surface area contributed by atoms with Crippen LogP contribution in [-0.2, 0) is 0 Å². The maximum absolute atomic E-state index is 12.9. The molecule has 2 heterocycles. The van der Waals surface area contributed by atoms with Crippen molar-refractivity contribution >= 4 is 34.0 Å². The van der Waals surface area contributed by atoms with Gasteiger partial charge in [0.25, 0.3) is 5.91 Å². The maximum atomic E-state index is 12.9. The predicted molar refractivity (Wildman–Crippen MR) is 120 cm³/mol. The predicted octanol–water partition coefficient (Wildman–Crippen LogP) is 5.45. The molecule has 0 aliphatic heterocycles. The zero-order valence-electron chi connectivity index (χ0n) is 17.2. The van der Waals surface area contributed by atoms with E-state index in [-0.39, 0.29) is 5.91 Å². The van der Waals surface area contributed by atoms with Crippen LogP contribution in [0.3, 0.4) is 0 Å². The monoisotopic (exact) mass is 397 g/mol. The number of anilines is 3. The topological polar surface area (TPSA) is 79.8 Å². The highest BCUT2D eigenvalue weighted by molar-refractivity contribution is 6.07. The lowest BCUT2D eigenvalue weighted by Gasteiger charge is -2.15. The molecule has 4 rings (SSSR count). The zero-order chi connectivity index (χ0) is 21.1. The number of fused-ring (bicyclic) bond motifs is 1. The van der Waals surface area contributed by atoms with Crippen molar-refractivity contribution in [2.75, 3.05) is 10.6 Å². The Bertz CT molecular complexity index is 1210. The molecule has 0 unspecified atom stereocenters. The highest BCUT2D eigenvalue weighted by Crippen LogP contribution is 2.27. The Morgan fingerprint density at radius 1 is 0.933 bits per heavy atom. The lowest BCUT2D eigenvalue weighted by Crippen LogP contribution is -2.16. The van der Waals surface area contributed by atoms with Crippen LogP contribution in [0.4, 0.5) is 17.2 Å². The van der Waals surface area contributed by atoms with Gasteiger partial charge in [0.1, 0.15) is 17.3 Å². The van der Waals surface area contributed by atoms with Crippen LogP contribution in [0.25, 0.3) is 10.9 Å².